The molecule has 3 rings (SSSR count). The molecule has 1 N–H and O–H groups in total. The van der Waals surface area contributed by atoms with Gasteiger partial charge in [-0.1, -0.05) is 23.7 Å². The summed E-state index contributed by atoms with van der Waals surface area (Å²) in [5.74, 6) is 1.98. The lowest BCUT2D eigenvalue weighted by atomic mass is 10.1. The van der Waals surface area contributed by atoms with Crippen molar-refractivity contribution in [3.05, 3.63) is 34.9 Å². The molecule has 124 valence electrons. The molecule has 0 saturated carbocycles. The fourth-order valence-corrected chi connectivity index (χ4v) is 5.84. The molecule has 2 heterocycles. The second-order valence-electron chi connectivity index (χ2n) is 6.04. The minimum absolute atomic E-state index is 0.0630. The largest absolute Gasteiger partial charge is 0.348 e. The predicted molar refractivity (Wildman–Crippen MR) is 96.8 cm³/mol. The SMILES string of the molecule is C[C@H](NC(=O)[C@H]1CS[C@@]2(C)CSCC(=O)N12)c1ccc(Cl)cc1. The van der Waals surface area contributed by atoms with Gasteiger partial charge in [0, 0.05) is 16.5 Å². The van der Waals surface area contributed by atoms with Crippen molar-refractivity contribution in [2.45, 2.75) is 30.8 Å². The van der Waals surface area contributed by atoms with Crippen LogP contribution in [0.2, 0.25) is 5.02 Å². The lowest BCUT2D eigenvalue weighted by Crippen LogP contribution is -2.57. The van der Waals surface area contributed by atoms with Crippen LogP contribution in [0.1, 0.15) is 25.5 Å². The molecule has 2 aliphatic rings. The van der Waals surface area contributed by atoms with Crippen molar-refractivity contribution in [1.29, 1.82) is 0 Å². The first-order valence-electron chi connectivity index (χ1n) is 7.50. The van der Waals surface area contributed by atoms with E-state index in [1.165, 1.54) is 0 Å². The smallest absolute Gasteiger partial charge is 0.244 e. The molecule has 2 saturated heterocycles. The van der Waals surface area contributed by atoms with Crippen molar-refractivity contribution in [3.8, 4) is 0 Å². The molecular weight excluding hydrogens is 352 g/mol. The third-order valence-corrected chi connectivity index (χ3v) is 7.37. The average molecular weight is 371 g/mol. The van der Waals surface area contributed by atoms with Crippen LogP contribution in [-0.4, -0.2) is 44.9 Å². The Labute approximate surface area is 149 Å². The van der Waals surface area contributed by atoms with Gasteiger partial charge in [-0.15, -0.1) is 23.5 Å². The van der Waals surface area contributed by atoms with Crippen molar-refractivity contribution in [2.75, 3.05) is 17.3 Å². The number of nitrogens with zero attached hydrogens (tertiary/aromatic N) is 1. The monoisotopic (exact) mass is 370 g/mol. The van der Waals surface area contributed by atoms with Crippen LogP contribution in [-0.2, 0) is 9.59 Å². The van der Waals surface area contributed by atoms with Gasteiger partial charge in [-0.3, -0.25) is 9.59 Å². The fraction of sp³-hybridized carbons (Fsp3) is 0.500. The second-order valence-corrected chi connectivity index (χ2v) is 8.96. The van der Waals surface area contributed by atoms with Crippen molar-refractivity contribution in [1.82, 2.24) is 10.2 Å². The van der Waals surface area contributed by atoms with E-state index in [1.54, 1.807) is 28.4 Å². The summed E-state index contributed by atoms with van der Waals surface area (Å²) >= 11 is 9.24. The summed E-state index contributed by atoms with van der Waals surface area (Å²) in [5, 5.41) is 3.71. The molecule has 2 fully saturated rings. The number of amides is 2. The first kappa shape index (κ1) is 17.0. The minimum Gasteiger partial charge on any atom is -0.348 e. The van der Waals surface area contributed by atoms with E-state index >= 15 is 0 Å². The number of benzene rings is 1. The fourth-order valence-electron chi connectivity index (χ4n) is 3.02. The van der Waals surface area contributed by atoms with E-state index in [1.807, 2.05) is 31.2 Å². The van der Waals surface area contributed by atoms with Gasteiger partial charge in [-0.2, -0.15) is 0 Å². The zero-order valence-corrected chi connectivity index (χ0v) is 15.4. The molecule has 0 aliphatic carbocycles. The van der Waals surface area contributed by atoms with Crippen LogP contribution in [0, 0.1) is 0 Å². The molecule has 3 atom stereocenters. The zero-order chi connectivity index (χ0) is 16.6. The number of hydrogen-bond donors (Lipinski definition) is 1. The van der Waals surface area contributed by atoms with E-state index in [9.17, 15) is 9.59 Å². The number of nitrogens with one attached hydrogen (secondary N) is 1. The van der Waals surface area contributed by atoms with Gasteiger partial charge in [0.2, 0.25) is 11.8 Å². The maximum absolute atomic E-state index is 12.7. The molecule has 23 heavy (non-hydrogen) atoms. The Bertz CT molecular complexity index is 625. The third-order valence-electron chi connectivity index (χ3n) is 4.27. The Morgan fingerprint density at radius 3 is 2.83 bits per heavy atom. The van der Waals surface area contributed by atoms with Gasteiger partial charge in [0.15, 0.2) is 0 Å². The molecule has 7 heteroatoms. The van der Waals surface area contributed by atoms with E-state index in [0.717, 1.165) is 11.3 Å². The third kappa shape index (κ3) is 3.35. The van der Waals surface area contributed by atoms with Gasteiger partial charge in [0.05, 0.1) is 16.7 Å². The Morgan fingerprint density at radius 1 is 1.43 bits per heavy atom. The van der Waals surface area contributed by atoms with Crippen LogP contribution in [0.15, 0.2) is 24.3 Å². The van der Waals surface area contributed by atoms with Crippen LogP contribution in [0.5, 0.6) is 0 Å². The number of halogens is 1. The topological polar surface area (TPSA) is 49.4 Å². The Morgan fingerprint density at radius 2 is 2.13 bits per heavy atom. The van der Waals surface area contributed by atoms with E-state index < -0.39 is 0 Å². The summed E-state index contributed by atoms with van der Waals surface area (Å²) in [4.78, 5) is 26.5. The molecule has 0 aromatic heterocycles. The average Bonchev–Trinajstić information content (AvgIpc) is 2.87. The molecule has 1 aromatic carbocycles. The van der Waals surface area contributed by atoms with Gasteiger partial charge < -0.3 is 10.2 Å². The molecule has 0 radical (unpaired) electrons. The van der Waals surface area contributed by atoms with Crippen molar-refractivity contribution < 1.29 is 9.59 Å². The summed E-state index contributed by atoms with van der Waals surface area (Å²) in [7, 11) is 0. The van der Waals surface area contributed by atoms with Crippen LogP contribution in [0.25, 0.3) is 0 Å². The molecular formula is C16H19ClN2O2S2. The molecule has 0 bridgehead atoms. The first-order chi connectivity index (χ1) is 10.9. The number of fused-ring (bicyclic) bond motifs is 1. The molecule has 0 unspecified atom stereocenters. The normalized spacial score (nSPS) is 28.4. The van der Waals surface area contributed by atoms with Gasteiger partial charge in [0.25, 0.3) is 0 Å². The Hall–Kier alpha value is -0.850. The summed E-state index contributed by atoms with van der Waals surface area (Å²) < 4.78 is 0. The maximum atomic E-state index is 12.7. The number of carbonyl (C=O) groups excluding carboxylic acids is 2. The predicted octanol–water partition coefficient (Wildman–Crippen LogP) is 2.92. The highest BCUT2D eigenvalue weighted by atomic mass is 35.5. The zero-order valence-electron chi connectivity index (χ0n) is 13.0. The van der Waals surface area contributed by atoms with E-state index in [0.29, 0.717) is 16.5 Å². The van der Waals surface area contributed by atoms with Gasteiger partial charge in [0.1, 0.15) is 6.04 Å². The summed E-state index contributed by atoms with van der Waals surface area (Å²) in [6.07, 6.45) is 0. The van der Waals surface area contributed by atoms with Crippen LogP contribution < -0.4 is 5.32 Å². The number of hydrogen-bond acceptors (Lipinski definition) is 4. The lowest BCUT2D eigenvalue weighted by Gasteiger charge is -2.40. The first-order valence-corrected chi connectivity index (χ1v) is 10.0. The number of carbonyl (C=O) groups is 2. The van der Waals surface area contributed by atoms with Gasteiger partial charge in [-0.05, 0) is 31.5 Å². The molecule has 1 aromatic rings. The van der Waals surface area contributed by atoms with Crippen LogP contribution in [0.4, 0.5) is 0 Å². The minimum atomic E-state index is -0.381. The Balaban J connectivity index is 1.70. The van der Waals surface area contributed by atoms with E-state index in [4.69, 9.17) is 11.6 Å². The molecule has 2 aliphatic heterocycles. The van der Waals surface area contributed by atoms with E-state index in [-0.39, 0.29) is 28.8 Å². The summed E-state index contributed by atoms with van der Waals surface area (Å²) in [6, 6.07) is 6.94. The van der Waals surface area contributed by atoms with Crippen LogP contribution >= 0.6 is 35.1 Å². The van der Waals surface area contributed by atoms with Crippen molar-refractivity contribution >= 4 is 46.9 Å². The van der Waals surface area contributed by atoms with Crippen LogP contribution in [0.3, 0.4) is 0 Å². The highest BCUT2D eigenvalue weighted by molar-refractivity contribution is 8.04. The van der Waals surface area contributed by atoms with E-state index in [2.05, 4.69) is 12.2 Å². The maximum Gasteiger partial charge on any atom is 0.244 e. The van der Waals surface area contributed by atoms with Crippen molar-refractivity contribution in [2.24, 2.45) is 0 Å². The van der Waals surface area contributed by atoms with Gasteiger partial charge in [-0.25, -0.2) is 0 Å². The highest BCUT2D eigenvalue weighted by Crippen LogP contribution is 2.44. The van der Waals surface area contributed by atoms with Crippen molar-refractivity contribution in [3.63, 3.8) is 0 Å². The number of rotatable bonds is 3. The Kier molecular flexibility index (Phi) is 4.85. The lowest BCUT2D eigenvalue weighted by molar-refractivity contribution is -0.140. The summed E-state index contributed by atoms with van der Waals surface area (Å²) in [6.45, 7) is 3.99. The quantitative estimate of drug-likeness (QED) is 0.888. The van der Waals surface area contributed by atoms with Gasteiger partial charge >= 0.3 is 0 Å². The standard InChI is InChI=1S/C16H19ClN2O2S2/c1-10(11-3-5-12(17)6-4-11)18-15(21)13-7-23-16(2)9-22-8-14(20)19(13)16/h3-6,10,13H,7-9H2,1-2H3,(H,18,21)/t10-,13+,16-/m0/s1. The highest BCUT2D eigenvalue weighted by Gasteiger charge is 2.51. The number of thioether (sulfide) groups is 2. The summed E-state index contributed by atoms with van der Waals surface area (Å²) in [5.41, 5.74) is 0.997. The molecule has 0 spiro atoms. The second kappa shape index (κ2) is 6.57. The molecule has 4 nitrogen and oxygen atoms in total. The molecule has 2 amide bonds.